The number of carboxylic acids is 1. The van der Waals surface area contributed by atoms with Crippen molar-refractivity contribution in [1.82, 2.24) is 9.80 Å². The molecule has 0 bridgehead atoms. The van der Waals surface area contributed by atoms with Crippen molar-refractivity contribution in [2.24, 2.45) is 11.7 Å². The maximum atomic E-state index is 13.2. The predicted molar refractivity (Wildman–Crippen MR) is 113 cm³/mol. The zero-order valence-corrected chi connectivity index (χ0v) is 18.5. The third-order valence-electron chi connectivity index (χ3n) is 6.95. The first-order valence-electron chi connectivity index (χ1n) is 11.0. The number of pyridine rings is 1. The summed E-state index contributed by atoms with van der Waals surface area (Å²) in [5, 5.41) is 12.0. The van der Waals surface area contributed by atoms with Gasteiger partial charge in [0.05, 0.1) is 17.7 Å². The van der Waals surface area contributed by atoms with Crippen LogP contribution in [0.15, 0.2) is 47.4 Å². The van der Waals surface area contributed by atoms with Crippen LogP contribution in [-0.4, -0.2) is 64.6 Å². The van der Waals surface area contributed by atoms with Gasteiger partial charge in [-0.15, -0.1) is 0 Å². The molecule has 3 saturated heterocycles. The second-order valence-electron chi connectivity index (χ2n) is 9.02. The van der Waals surface area contributed by atoms with Crippen molar-refractivity contribution in [3.63, 3.8) is 0 Å². The van der Waals surface area contributed by atoms with Crippen LogP contribution in [0.1, 0.15) is 19.8 Å². The number of primary amides is 1. The standard InChI is InChI=1S/C23H23N5O6/c1-12(29)27-9-15-8-14(19(23(33)34)28-18(15)20(27)22(28)32)7-13-4-6-26(21(13)31)16-3-2-5-25(10-16)11-17(24)30/h2-3,5,7,10,15,18,20H,4,6,8-9,11H2,1H3,(H2-,24,30,33,34)/b13-7+/t15-,18-,20+/m1/s1. The van der Waals surface area contributed by atoms with Crippen LogP contribution in [0.4, 0.5) is 5.69 Å². The average Bonchev–Trinajstić information content (AvgIpc) is 3.31. The molecule has 1 aromatic heterocycles. The Balaban J connectivity index is 1.44. The molecule has 3 atom stereocenters. The van der Waals surface area contributed by atoms with Gasteiger partial charge in [0.1, 0.15) is 11.7 Å². The number of rotatable bonds is 5. The van der Waals surface area contributed by atoms with Gasteiger partial charge in [-0.25, -0.2) is 0 Å². The molecule has 5 heterocycles. The van der Waals surface area contributed by atoms with E-state index in [4.69, 9.17) is 5.73 Å². The molecule has 0 spiro atoms. The molecule has 1 aromatic rings. The molecule has 0 radical (unpaired) electrons. The number of anilines is 1. The monoisotopic (exact) mass is 465 g/mol. The number of likely N-dealkylation sites (tertiary alicyclic amines) is 1. The van der Waals surface area contributed by atoms with Crippen molar-refractivity contribution in [1.29, 1.82) is 0 Å². The van der Waals surface area contributed by atoms with E-state index in [1.165, 1.54) is 16.7 Å². The maximum absolute atomic E-state index is 13.2. The molecule has 0 saturated carbocycles. The molecule has 4 amide bonds. The molecule has 34 heavy (non-hydrogen) atoms. The molecule has 0 aromatic carbocycles. The van der Waals surface area contributed by atoms with Gasteiger partial charge in [0, 0.05) is 37.6 Å². The Morgan fingerprint density at radius 2 is 2.06 bits per heavy atom. The number of nitrogens with two attached hydrogens (primary N) is 1. The predicted octanol–water partition coefficient (Wildman–Crippen LogP) is -2.41. The highest BCUT2D eigenvalue weighted by Crippen LogP contribution is 2.47. The smallest absolute Gasteiger partial charge is 0.283 e. The Kier molecular flexibility index (Phi) is 4.99. The number of β-lactam (4-membered cyclic amide) rings is 1. The Morgan fingerprint density at radius 1 is 1.29 bits per heavy atom. The number of aliphatic carboxylic acids is 1. The summed E-state index contributed by atoms with van der Waals surface area (Å²) in [6.45, 7) is 2.12. The van der Waals surface area contributed by atoms with Crippen LogP contribution >= 0.6 is 0 Å². The zero-order valence-electron chi connectivity index (χ0n) is 18.5. The summed E-state index contributed by atoms with van der Waals surface area (Å²) in [7, 11) is 0. The second kappa shape index (κ2) is 7.79. The van der Waals surface area contributed by atoms with Gasteiger partial charge in [0.2, 0.25) is 12.5 Å². The van der Waals surface area contributed by atoms with Crippen LogP contribution in [0.5, 0.6) is 0 Å². The minimum absolute atomic E-state index is 0.0227. The van der Waals surface area contributed by atoms with Gasteiger partial charge in [0.15, 0.2) is 12.4 Å². The number of amides is 4. The number of allylic oxidation sites excluding steroid dienone is 2. The molecular weight excluding hydrogens is 442 g/mol. The highest BCUT2D eigenvalue weighted by atomic mass is 16.4. The molecule has 0 unspecified atom stereocenters. The molecule has 5 rings (SSSR count). The van der Waals surface area contributed by atoms with E-state index in [1.54, 1.807) is 40.1 Å². The number of hydrogen-bond donors (Lipinski definition) is 1. The van der Waals surface area contributed by atoms with Crippen LogP contribution in [0.3, 0.4) is 0 Å². The van der Waals surface area contributed by atoms with Crippen molar-refractivity contribution >= 4 is 35.3 Å². The second-order valence-corrected chi connectivity index (χ2v) is 9.02. The minimum atomic E-state index is -1.48. The van der Waals surface area contributed by atoms with E-state index in [2.05, 4.69) is 0 Å². The minimum Gasteiger partial charge on any atom is -0.543 e. The summed E-state index contributed by atoms with van der Waals surface area (Å²) in [6, 6.07) is 2.45. The van der Waals surface area contributed by atoms with E-state index in [0.717, 1.165) is 0 Å². The van der Waals surface area contributed by atoms with Crippen LogP contribution < -0.4 is 20.3 Å². The Bertz CT molecular complexity index is 1220. The Morgan fingerprint density at radius 3 is 2.74 bits per heavy atom. The summed E-state index contributed by atoms with van der Waals surface area (Å²) in [6.07, 6.45) is 5.60. The normalized spacial score (nSPS) is 26.8. The van der Waals surface area contributed by atoms with Crippen molar-refractivity contribution in [2.45, 2.75) is 38.4 Å². The number of aromatic nitrogens is 1. The lowest BCUT2D eigenvalue weighted by Gasteiger charge is -2.51. The number of carbonyl (C=O) groups excluding carboxylic acids is 5. The third kappa shape index (κ3) is 3.27. The number of nitrogens with zero attached hydrogens (tertiary/aromatic N) is 4. The summed E-state index contributed by atoms with van der Waals surface area (Å²) in [4.78, 5) is 65.4. The topological polar surface area (TPSA) is 148 Å². The number of carboxylic acid groups (broad SMARTS) is 1. The van der Waals surface area contributed by atoms with Crippen molar-refractivity contribution in [3.05, 3.63) is 47.4 Å². The molecule has 11 heteroatoms. The van der Waals surface area contributed by atoms with E-state index >= 15 is 0 Å². The van der Waals surface area contributed by atoms with Gasteiger partial charge in [-0.2, -0.15) is 4.57 Å². The highest BCUT2D eigenvalue weighted by molar-refractivity contribution is 6.08. The molecule has 0 aliphatic carbocycles. The average molecular weight is 465 g/mol. The van der Waals surface area contributed by atoms with Crippen molar-refractivity contribution < 1.29 is 33.6 Å². The summed E-state index contributed by atoms with van der Waals surface area (Å²) in [5.74, 6) is -3.02. The molecule has 176 valence electrons. The van der Waals surface area contributed by atoms with Crippen LogP contribution in [0.25, 0.3) is 0 Å². The quantitative estimate of drug-likeness (QED) is 0.291. The van der Waals surface area contributed by atoms with Gasteiger partial charge in [0.25, 0.3) is 17.7 Å². The fourth-order valence-corrected chi connectivity index (χ4v) is 5.57. The molecule has 3 fully saturated rings. The zero-order chi connectivity index (χ0) is 24.3. The van der Waals surface area contributed by atoms with Gasteiger partial charge < -0.3 is 30.3 Å². The number of hydrogen-bond acceptors (Lipinski definition) is 6. The Hall–Kier alpha value is -4.02. The van der Waals surface area contributed by atoms with E-state index in [-0.39, 0.29) is 36.0 Å². The van der Waals surface area contributed by atoms with Gasteiger partial charge in [-0.3, -0.25) is 19.2 Å². The van der Waals surface area contributed by atoms with Gasteiger partial charge >= 0.3 is 0 Å². The summed E-state index contributed by atoms with van der Waals surface area (Å²) in [5.41, 5.74) is 6.40. The lowest BCUT2D eigenvalue weighted by atomic mass is 9.79. The molecule has 2 N–H and O–H groups in total. The fourth-order valence-electron chi connectivity index (χ4n) is 5.57. The lowest BCUT2D eigenvalue weighted by molar-refractivity contribution is -0.683. The first-order chi connectivity index (χ1) is 16.2. The van der Waals surface area contributed by atoms with Gasteiger partial charge in [-0.1, -0.05) is 0 Å². The van der Waals surface area contributed by atoms with E-state index in [0.29, 0.717) is 42.8 Å². The molecule has 4 aliphatic rings. The van der Waals surface area contributed by atoms with Crippen molar-refractivity contribution in [3.8, 4) is 0 Å². The molecule has 4 aliphatic heterocycles. The van der Waals surface area contributed by atoms with Crippen molar-refractivity contribution in [2.75, 3.05) is 18.0 Å². The van der Waals surface area contributed by atoms with Gasteiger partial charge in [-0.05, 0) is 30.6 Å². The first-order valence-corrected chi connectivity index (χ1v) is 11.0. The van der Waals surface area contributed by atoms with Crippen LogP contribution in [0.2, 0.25) is 0 Å². The maximum Gasteiger partial charge on any atom is 0.283 e. The van der Waals surface area contributed by atoms with E-state index in [1.807, 2.05) is 0 Å². The molecule has 11 nitrogen and oxygen atoms in total. The molecular formula is C23H23N5O6. The first kappa shape index (κ1) is 21.8. The van der Waals surface area contributed by atoms with Crippen LogP contribution in [0, 0.1) is 5.92 Å². The summed E-state index contributed by atoms with van der Waals surface area (Å²) >= 11 is 0. The highest BCUT2D eigenvalue weighted by Gasteiger charge is 2.62. The largest absolute Gasteiger partial charge is 0.543 e. The van der Waals surface area contributed by atoms with Crippen LogP contribution in [-0.2, 0) is 30.5 Å². The Labute approximate surface area is 194 Å². The van der Waals surface area contributed by atoms with E-state index in [9.17, 15) is 29.1 Å². The number of carbonyl (C=O) groups is 5. The lowest BCUT2D eigenvalue weighted by Crippen LogP contribution is -2.69. The third-order valence-corrected chi connectivity index (χ3v) is 6.95. The fraction of sp³-hybridized carbons (Fsp3) is 0.391. The summed E-state index contributed by atoms with van der Waals surface area (Å²) < 4.78 is 1.58. The van der Waals surface area contributed by atoms with E-state index < -0.39 is 23.8 Å². The SMILES string of the molecule is CC(=O)N1C[C@H]2CC(/C=C3\CCN(c4ccc[n+](CC(N)=O)c4)C3=O)=C(C(=O)[O-])N3C(=O)[C@@H]1[C@@H]23.